The van der Waals surface area contributed by atoms with Gasteiger partial charge in [0.1, 0.15) is 5.60 Å². The topological polar surface area (TPSA) is 160 Å². The number of rotatable bonds is 12. The van der Waals surface area contributed by atoms with Gasteiger partial charge in [-0.25, -0.2) is 4.79 Å². The first-order valence-electron chi connectivity index (χ1n) is 23.7. The standard InChI is InChI=1S/C28H39BrN4O4.C24H32BrN3O2/c1-8-33(21-9-11-32(12-10-21)27(36)37-28(5,6)7)24-15-20(29)14-22(19(24)4)25(34)30-16-23-17(2)13-18(3)31-26(23)35;1-5-28(19-9-7-6-8-10-19)22-13-18(25)12-20(17(22)4)23(29)26-14-21-15(2)11-16(3)27-24(21)30/h13-15,21H,8-12,16H2,1-7H3,(H,30,34)(H,31,35);11-13,19H,5-10,14H2,1-4H3,(H,26,29)(H,27,30). The molecule has 2 fully saturated rings. The first kappa shape index (κ1) is 53.1. The molecule has 0 spiro atoms. The zero-order valence-corrected chi connectivity index (χ0v) is 44.5. The first-order valence-corrected chi connectivity index (χ1v) is 25.3. The summed E-state index contributed by atoms with van der Waals surface area (Å²) < 4.78 is 7.24. The van der Waals surface area contributed by atoms with Gasteiger partial charge in [-0.3, -0.25) is 19.2 Å². The zero-order valence-electron chi connectivity index (χ0n) is 41.4. The second-order valence-corrected chi connectivity index (χ2v) is 20.8. The molecule has 67 heavy (non-hydrogen) atoms. The molecule has 364 valence electrons. The van der Waals surface area contributed by atoms with Gasteiger partial charge in [-0.2, -0.15) is 0 Å². The first-order chi connectivity index (χ1) is 31.6. The van der Waals surface area contributed by atoms with Crippen LogP contribution in [0, 0.1) is 41.5 Å². The summed E-state index contributed by atoms with van der Waals surface area (Å²) in [6.45, 7) is 24.7. The van der Waals surface area contributed by atoms with E-state index >= 15 is 0 Å². The van der Waals surface area contributed by atoms with Gasteiger partial charge in [0.25, 0.3) is 22.9 Å². The van der Waals surface area contributed by atoms with Crippen LogP contribution in [-0.2, 0) is 17.8 Å². The molecule has 1 aliphatic heterocycles. The molecular weight excluding hydrogens is 978 g/mol. The highest BCUT2D eigenvalue weighted by molar-refractivity contribution is 9.10. The molecule has 2 aromatic heterocycles. The molecule has 0 radical (unpaired) electrons. The van der Waals surface area contributed by atoms with Crippen LogP contribution in [0.5, 0.6) is 0 Å². The summed E-state index contributed by atoms with van der Waals surface area (Å²) in [5, 5.41) is 5.88. The maximum Gasteiger partial charge on any atom is 0.410 e. The third-order valence-corrected chi connectivity index (χ3v) is 13.8. The predicted octanol–water partition coefficient (Wildman–Crippen LogP) is 10.4. The summed E-state index contributed by atoms with van der Waals surface area (Å²) in [6.07, 6.45) is 7.63. The molecular formula is C52H71Br2N7O6. The van der Waals surface area contributed by atoms with E-state index in [-0.39, 0.29) is 48.2 Å². The summed E-state index contributed by atoms with van der Waals surface area (Å²) in [6, 6.07) is 12.5. The second kappa shape index (κ2) is 23.4. The minimum atomic E-state index is -0.514. The minimum Gasteiger partial charge on any atom is -0.444 e. The summed E-state index contributed by atoms with van der Waals surface area (Å²) in [5.74, 6) is -0.385. The predicted molar refractivity (Wildman–Crippen MR) is 277 cm³/mol. The fourth-order valence-corrected chi connectivity index (χ4v) is 10.3. The van der Waals surface area contributed by atoms with E-state index in [0.717, 1.165) is 79.9 Å². The zero-order chi connectivity index (χ0) is 49.3. The lowest BCUT2D eigenvalue weighted by Gasteiger charge is -2.40. The van der Waals surface area contributed by atoms with E-state index in [1.54, 1.807) is 4.90 Å². The Bertz CT molecular complexity index is 2530. The number of anilines is 2. The highest BCUT2D eigenvalue weighted by atomic mass is 79.9. The molecule has 1 saturated carbocycles. The van der Waals surface area contributed by atoms with Crippen molar-refractivity contribution in [1.29, 1.82) is 0 Å². The Morgan fingerprint density at radius 1 is 0.657 bits per heavy atom. The Kier molecular flexibility index (Phi) is 18.5. The molecule has 2 aliphatic rings. The van der Waals surface area contributed by atoms with E-state index < -0.39 is 5.60 Å². The molecule has 2 aromatic carbocycles. The summed E-state index contributed by atoms with van der Waals surface area (Å²) in [7, 11) is 0. The van der Waals surface area contributed by atoms with Gasteiger partial charge in [0, 0.05) is 105 Å². The molecule has 13 nitrogen and oxygen atoms in total. The van der Waals surface area contributed by atoms with Gasteiger partial charge in [-0.1, -0.05) is 51.1 Å². The molecule has 1 saturated heterocycles. The van der Waals surface area contributed by atoms with Crippen LogP contribution >= 0.6 is 31.9 Å². The van der Waals surface area contributed by atoms with Gasteiger partial charge in [0.05, 0.1) is 0 Å². The number of likely N-dealkylation sites (tertiary alicyclic amines) is 1. The number of hydrogen-bond acceptors (Lipinski definition) is 8. The number of nitrogens with zero attached hydrogens (tertiary/aromatic N) is 3. The van der Waals surface area contributed by atoms with Crippen LogP contribution in [0.15, 0.2) is 54.9 Å². The van der Waals surface area contributed by atoms with E-state index in [2.05, 4.69) is 82.2 Å². The van der Waals surface area contributed by atoms with E-state index in [1.807, 2.05) is 92.6 Å². The SMILES string of the molecule is CCN(c1cc(Br)cc(C(=O)NCc2c(C)cc(C)[nH]c2=O)c1C)C1CCCCC1.CCN(c1cc(Br)cc(C(=O)NCc2c(C)cc(C)[nH]c2=O)c1C)C1CCN(C(=O)OC(C)(C)C)CC1. The van der Waals surface area contributed by atoms with Crippen molar-refractivity contribution in [2.45, 2.75) is 152 Å². The summed E-state index contributed by atoms with van der Waals surface area (Å²) in [4.78, 5) is 75.6. The Morgan fingerprint density at radius 2 is 1.06 bits per heavy atom. The number of nitrogens with one attached hydrogen (secondary N) is 4. The van der Waals surface area contributed by atoms with Crippen LogP contribution < -0.4 is 31.6 Å². The van der Waals surface area contributed by atoms with Crippen LogP contribution in [-0.4, -0.2) is 76.6 Å². The second-order valence-electron chi connectivity index (χ2n) is 19.0. The van der Waals surface area contributed by atoms with Crippen molar-refractivity contribution in [1.82, 2.24) is 25.5 Å². The number of aryl methyl sites for hydroxylation is 4. The molecule has 3 amide bonds. The largest absolute Gasteiger partial charge is 0.444 e. The Hall–Kier alpha value is -4.89. The number of H-pyrrole nitrogens is 2. The number of ether oxygens (including phenoxy) is 1. The van der Waals surface area contributed by atoms with Crippen molar-refractivity contribution in [2.75, 3.05) is 36.0 Å². The lowest BCUT2D eigenvalue weighted by atomic mass is 9.93. The maximum atomic E-state index is 13.2. The Labute approximate surface area is 413 Å². The third kappa shape index (κ3) is 13.9. The molecule has 3 heterocycles. The number of piperidine rings is 1. The summed E-state index contributed by atoms with van der Waals surface area (Å²) >= 11 is 7.19. The number of halogens is 2. The average Bonchev–Trinajstić information content (AvgIpc) is 3.25. The number of benzene rings is 2. The number of amides is 3. The van der Waals surface area contributed by atoms with Crippen LogP contribution in [0.3, 0.4) is 0 Å². The maximum absolute atomic E-state index is 13.2. The van der Waals surface area contributed by atoms with E-state index in [0.29, 0.717) is 41.4 Å². The smallest absolute Gasteiger partial charge is 0.410 e. The van der Waals surface area contributed by atoms with Gasteiger partial charge in [-0.15, -0.1) is 0 Å². The molecule has 0 bridgehead atoms. The van der Waals surface area contributed by atoms with Crippen molar-refractivity contribution in [3.8, 4) is 0 Å². The van der Waals surface area contributed by atoms with Crippen molar-refractivity contribution in [3.63, 3.8) is 0 Å². The number of hydrogen-bond donors (Lipinski definition) is 4. The molecule has 1 aliphatic carbocycles. The van der Waals surface area contributed by atoms with E-state index in [4.69, 9.17) is 4.74 Å². The number of pyridine rings is 2. The van der Waals surface area contributed by atoms with Gasteiger partial charge in [0.2, 0.25) is 0 Å². The van der Waals surface area contributed by atoms with Gasteiger partial charge >= 0.3 is 6.09 Å². The fourth-order valence-electron chi connectivity index (χ4n) is 9.46. The molecule has 0 atom stereocenters. The van der Waals surface area contributed by atoms with Crippen molar-refractivity contribution in [2.24, 2.45) is 0 Å². The Balaban J connectivity index is 0.000000256. The van der Waals surface area contributed by atoms with E-state index in [9.17, 15) is 24.0 Å². The average molecular weight is 1050 g/mol. The molecule has 0 unspecified atom stereocenters. The molecule has 15 heteroatoms. The highest BCUT2D eigenvalue weighted by Crippen LogP contribution is 2.35. The number of carbonyl (C=O) groups excluding carboxylic acids is 3. The van der Waals surface area contributed by atoms with Crippen molar-refractivity contribution in [3.05, 3.63) is 122 Å². The van der Waals surface area contributed by atoms with Crippen molar-refractivity contribution < 1.29 is 19.1 Å². The normalized spacial score (nSPS) is 14.5. The quantitative estimate of drug-likeness (QED) is 0.109. The van der Waals surface area contributed by atoms with Crippen molar-refractivity contribution >= 4 is 61.1 Å². The number of aromatic amines is 2. The molecule has 4 N–H and O–H groups in total. The Morgan fingerprint density at radius 3 is 1.43 bits per heavy atom. The highest BCUT2D eigenvalue weighted by Gasteiger charge is 2.31. The summed E-state index contributed by atoms with van der Waals surface area (Å²) in [5.41, 5.74) is 8.85. The lowest BCUT2D eigenvalue weighted by molar-refractivity contribution is 0.0204. The lowest BCUT2D eigenvalue weighted by Crippen LogP contribution is -2.48. The molecule has 6 rings (SSSR count). The van der Waals surface area contributed by atoms with Crippen LogP contribution in [0.1, 0.15) is 145 Å². The van der Waals surface area contributed by atoms with E-state index in [1.165, 1.54) is 32.1 Å². The van der Waals surface area contributed by atoms with Crippen LogP contribution in [0.2, 0.25) is 0 Å². The van der Waals surface area contributed by atoms with Crippen LogP contribution in [0.25, 0.3) is 0 Å². The van der Waals surface area contributed by atoms with Gasteiger partial charge in [0.15, 0.2) is 0 Å². The monoisotopic (exact) mass is 1050 g/mol. The third-order valence-electron chi connectivity index (χ3n) is 12.9. The molecule has 4 aromatic rings. The van der Waals surface area contributed by atoms with Gasteiger partial charge in [-0.05, 0) is 160 Å². The van der Waals surface area contributed by atoms with Crippen LogP contribution in [0.4, 0.5) is 16.2 Å². The number of carbonyl (C=O) groups is 3. The number of aromatic nitrogens is 2. The minimum absolute atomic E-state index is 0.145. The van der Waals surface area contributed by atoms with Gasteiger partial charge < -0.3 is 40.0 Å². The fraction of sp³-hybridized carbons (Fsp3) is 0.519.